The Morgan fingerprint density at radius 2 is 1.59 bits per heavy atom. The number of ether oxygens (including phenoxy) is 1. The molecule has 17 heavy (non-hydrogen) atoms. The summed E-state index contributed by atoms with van der Waals surface area (Å²) in [6, 6.07) is 10.8. The van der Waals surface area contributed by atoms with Crippen LogP contribution >= 0.6 is 0 Å². The molecule has 0 heterocycles. The van der Waals surface area contributed by atoms with Crippen molar-refractivity contribution >= 4 is 0 Å². The third-order valence-electron chi connectivity index (χ3n) is 3.39. The van der Waals surface area contributed by atoms with Crippen LogP contribution in [0.15, 0.2) is 30.3 Å². The van der Waals surface area contributed by atoms with Gasteiger partial charge in [-0.25, -0.2) is 0 Å². The normalized spacial score (nSPS) is 14.5. The highest BCUT2D eigenvalue weighted by Gasteiger charge is 2.07. The Balaban J connectivity index is 2.19. The average molecular weight is 234 g/mol. The van der Waals surface area contributed by atoms with Gasteiger partial charge in [0.2, 0.25) is 0 Å². The van der Waals surface area contributed by atoms with Gasteiger partial charge in [-0.15, -0.1) is 0 Å². The lowest BCUT2D eigenvalue weighted by Gasteiger charge is -2.15. The monoisotopic (exact) mass is 234 g/mol. The highest BCUT2D eigenvalue weighted by atomic mass is 16.5. The Morgan fingerprint density at radius 1 is 0.941 bits per heavy atom. The van der Waals surface area contributed by atoms with Crippen LogP contribution in [0.3, 0.4) is 0 Å². The van der Waals surface area contributed by atoms with Gasteiger partial charge in [-0.1, -0.05) is 57.0 Å². The molecule has 0 aliphatic heterocycles. The van der Waals surface area contributed by atoms with E-state index in [4.69, 9.17) is 4.74 Å². The summed E-state index contributed by atoms with van der Waals surface area (Å²) >= 11 is 0. The first-order valence-corrected chi connectivity index (χ1v) is 6.75. The maximum Gasteiger partial charge on any atom is 0.0464 e. The lowest BCUT2D eigenvalue weighted by molar-refractivity contribution is 0.176. The summed E-state index contributed by atoms with van der Waals surface area (Å²) in [4.78, 5) is 0. The molecule has 0 fully saturated rings. The van der Waals surface area contributed by atoms with Gasteiger partial charge in [0.1, 0.15) is 0 Å². The largest absolute Gasteiger partial charge is 0.385 e. The van der Waals surface area contributed by atoms with Crippen molar-refractivity contribution in [1.29, 1.82) is 0 Å². The molecule has 0 bridgehead atoms. The number of hydrogen-bond acceptors (Lipinski definition) is 1. The summed E-state index contributed by atoms with van der Waals surface area (Å²) in [5.41, 5.74) is 1.46. The van der Waals surface area contributed by atoms with Gasteiger partial charge in [0.05, 0.1) is 0 Å². The minimum atomic E-state index is 0.780. The van der Waals surface area contributed by atoms with Crippen molar-refractivity contribution in [1.82, 2.24) is 0 Å². The lowest BCUT2D eigenvalue weighted by Crippen LogP contribution is -2.05. The first-order chi connectivity index (χ1) is 8.22. The molecule has 1 rings (SSSR count). The van der Waals surface area contributed by atoms with Crippen LogP contribution in [0.25, 0.3) is 0 Å². The minimum Gasteiger partial charge on any atom is -0.385 e. The Bertz CT molecular complexity index is 281. The van der Waals surface area contributed by atoms with E-state index in [-0.39, 0.29) is 0 Å². The van der Waals surface area contributed by atoms with Crippen LogP contribution in [0.5, 0.6) is 0 Å². The Kier molecular flexibility index (Phi) is 6.95. The van der Waals surface area contributed by atoms with Crippen molar-refractivity contribution in [3.63, 3.8) is 0 Å². The van der Waals surface area contributed by atoms with Crippen molar-refractivity contribution in [2.45, 2.75) is 39.5 Å². The minimum absolute atomic E-state index is 0.780. The smallest absolute Gasteiger partial charge is 0.0464 e. The molecular formula is C16H26O. The first kappa shape index (κ1) is 14.2. The molecule has 1 nitrogen and oxygen atoms in total. The van der Waals surface area contributed by atoms with Gasteiger partial charge in [0.25, 0.3) is 0 Å². The van der Waals surface area contributed by atoms with Crippen LogP contribution in [0.4, 0.5) is 0 Å². The molecule has 0 aliphatic carbocycles. The molecule has 0 aromatic heterocycles. The number of benzene rings is 1. The standard InChI is InChI=1S/C16H26O/c1-14(11-12-17-3)9-10-15(2)13-16-7-5-4-6-8-16/h4-8,14-15H,9-13H2,1-3H3. The van der Waals surface area contributed by atoms with Gasteiger partial charge in [0, 0.05) is 13.7 Å². The molecule has 96 valence electrons. The predicted molar refractivity (Wildman–Crippen MR) is 74.2 cm³/mol. The molecule has 0 N–H and O–H groups in total. The van der Waals surface area contributed by atoms with Gasteiger partial charge in [-0.3, -0.25) is 0 Å². The number of methoxy groups -OCH3 is 1. The zero-order valence-electron chi connectivity index (χ0n) is 11.5. The zero-order chi connectivity index (χ0) is 12.5. The molecule has 0 radical (unpaired) electrons. The third kappa shape index (κ3) is 6.48. The fourth-order valence-electron chi connectivity index (χ4n) is 2.15. The van der Waals surface area contributed by atoms with Crippen LogP contribution in [0.1, 0.15) is 38.7 Å². The van der Waals surface area contributed by atoms with Crippen LogP contribution in [0, 0.1) is 11.8 Å². The van der Waals surface area contributed by atoms with Crippen LogP contribution in [0.2, 0.25) is 0 Å². The van der Waals surface area contributed by atoms with E-state index in [1.54, 1.807) is 7.11 Å². The molecular weight excluding hydrogens is 208 g/mol. The fourth-order valence-corrected chi connectivity index (χ4v) is 2.15. The van der Waals surface area contributed by atoms with Crippen molar-refractivity contribution in [3.05, 3.63) is 35.9 Å². The molecule has 1 heteroatoms. The third-order valence-corrected chi connectivity index (χ3v) is 3.39. The molecule has 0 aliphatic rings. The zero-order valence-corrected chi connectivity index (χ0v) is 11.5. The summed E-state index contributed by atoms with van der Waals surface area (Å²) in [6.45, 7) is 5.58. The molecule has 2 atom stereocenters. The summed E-state index contributed by atoms with van der Waals surface area (Å²) in [5.74, 6) is 1.57. The Labute approximate surface area is 106 Å². The quantitative estimate of drug-likeness (QED) is 0.651. The summed E-state index contributed by atoms with van der Waals surface area (Å²) in [5, 5.41) is 0. The van der Waals surface area contributed by atoms with Crippen LogP contribution in [-0.2, 0) is 11.2 Å². The van der Waals surface area contributed by atoms with Crippen molar-refractivity contribution < 1.29 is 4.74 Å². The van der Waals surface area contributed by atoms with E-state index in [0.29, 0.717) is 0 Å². The van der Waals surface area contributed by atoms with E-state index in [1.807, 2.05) is 0 Å². The highest BCUT2D eigenvalue weighted by Crippen LogP contribution is 2.18. The number of hydrogen-bond donors (Lipinski definition) is 0. The van der Waals surface area contributed by atoms with Gasteiger partial charge in [-0.05, 0) is 30.2 Å². The van der Waals surface area contributed by atoms with E-state index < -0.39 is 0 Å². The molecule has 0 amide bonds. The molecule has 0 spiro atoms. The van der Waals surface area contributed by atoms with E-state index in [1.165, 1.54) is 31.2 Å². The Morgan fingerprint density at radius 3 is 2.24 bits per heavy atom. The topological polar surface area (TPSA) is 9.23 Å². The molecule has 1 aromatic rings. The maximum atomic E-state index is 5.11. The molecule has 0 saturated carbocycles. The van der Waals surface area contributed by atoms with Gasteiger partial charge >= 0.3 is 0 Å². The number of rotatable bonds is 8. The van der Waals surface area contributed by atoms with Crippen molar-refractivity contribution in [3.8, 4) is 0 Å². The SMILES string of the molecule is COCCC(C)CCC(C)Cc1ccccc1. The second-order valence-electron chi connectivity index (χ2n) is 5.26. The maximum absolute atomic E-state index is 5.11. The highest BCUT2D eigenvalue weighted by molar-refractivity contribution is 5.14. The second-order valence-corrected chi connectivity index (χ2v) is 5.26. The molecule has 0 saturated heterocycles. The van der Waals surface area contributed by atoms with Gasteiger partial charge in [-0.2, -0.15) is 0 Å². The van der Waals surface area contributed by atoms with Crippen LogP contribution < -0.4 is 0 Å². The van der Waals surface area contributed by atoms with Gasteiger partial charge in [0.15, 0.2) is 0 Å². The average Bonchev–Trinajstić information content (AvgIpc) is 2.35. The van der Waals surface area contributed by atoms with Crippen molar-refractivity contribution in [2.75, 3.05) is 13.7 Å². The van der Waals surface area contributed by atoms with E-state index >= 15 is 0 Å². The van der Waals surface area contributed by atoms with Crippen molar-refractivity contribution in [2.24, 2.45) is 11.8 Å². The lowest BCUT2D eigenvalue weighted by atomic mass is 9.92. The summed E-state index contributed by atoms with van der Waals surface area (Å²) in [7, 11) is 1.78. The van der Waals surface area contributed by atoms with E-state index in [0.717, 1.165) is 18.4 Å². The predicted octanol–water partition coefficient (Wildman–Crippen LogP) is 4.32. The van der Waals surface area contributed by atoms with Gasteiger partial charge < -0.3 is 4.74 Å². The fraction of sp³-hybridized carbons (Fsp3) is 0.625. The van der Waals surface area contributed by atoms with E-state index in [9.17, 15) is 0 Å². The van der Waals surface area contributed by atoms with E-state index in [2.05, 4.69) is 44.2 Å². The Hall–Kier alpha value is -0.820. The first-order valence-electron chi connectivity index (χ1n) is 6.75. The van der Waals surface area contributed by atoms with Crippen LogP contribution in [-0.4, -0.2) is 13.7 Å². The molecule has 1 aromatic carbocycles. The molecule has 2 unspecified atom stereocenters. The summed E-state index contributed by atoms with van der Waals surface area (Å²) < 4.78 is 5.11. The summed E-state index contributed by atoms with van der Waals surface area (Å²) in [6.07, 6.45) is 5.03. The second kappa shape index (κ2) is 8.30.